The van der Waals surface area contributed by atoms with E-state index in [1.165, 1.54) is 5.56 Å². The highest BCUT2D eigenvalue weighted by Crippen LogP contribution is 2.31. The zero-order valence-corrected chi connectivity index (χ0v) is 19.4. The van der Waals surface area contributed by atoms with Crippen LogP contribution in [-0.4, -0.2) is 41.0 Å². The van der Waals surface area contributed by atoms with Gasteiger partial charge in [-0.25, -0.2) is 4.98 Å². The molecule has 2 heterocycles. The summed E-state index contributed by atoms with van der Waals surface area (Å²) in [7, 11) is 0. The lowest BCUT2D eigenvalue weighted by Crippen LogP contribution is -2.46. The molecule has 0 N–H and O–H groups in total. The van der Waals surface area contributed by atoms with Crippen LogP contribution in [0.3, 0.4) is 0 Å². The Balaban J connectivity index is 1.39. The molecule has 32 heavy (non-hydrogen) atoms. The lowest BCUT2D eigenvalue weighted by molar-refractivity contribution is 0.249. The lowest BCUT2D eigenvalue weighted by Gasteiger charge is -2.35. The molecule has 1 saturated heterocycles. The topological polar surface area (TPSA) is 32.3 Å². The van der Waals surface area contributed by atoms with E-state index < -0.39 is 0 Å². The molecule has 1 fully saturated rings. The molecule has 4 nitrogen and oxygen atoms in total. The first-order valence-electron chi connectivity index (χ1n) is 11.0. The second-order valence-corrected chi connectivity index (χ2v) is 8.96. The number of rotatable bonds is 5. The number of benzene rings is 3. The first-order valence-corrected chi connectivity index (χ1v) is 11.8. The fourth-order valence-electron chi connectivity index (χ4n) is 4.13. The van der Waals surface area contributed by atoms with Crippen molar-refractivity contribution in [1.29, 1.82) is 0 Å². The van der Waals surface area contributed by atoms with Gasteiger partial charge in [0, 0.05) is 48.3 Å². The summed E-state index contributed by atoms with van der Waals surface area (Å²) in [6.07, 6.45) is 1.93. The van der Waals surface area contributed by atoms with Crippen LogP contribution in [0.4, 0.5) is 5.82 Å². The molecule has 1 aliphatic heterocycles. The third-order valence-electron chi connectivity index (χ3n) is 5.87. The van der Waals surface area contributed by atoms with Crippen molar-refractivity contribution >= 4 is 21.7 Å². The maximum absolute atomic E-state index is 5.11. The van der Waals surface area contributed by atoms with E-state index in [4.69, 9.17) is 9.97 Å². The summed E-state index contributed by atoms with van der Waals surface area (Å²) in [6, 6.07) is 29.3. The Morgan fingerprint density at radius 2 is 1.31 bits per heavy atom. The Hall–Kier alpha value is -3.02. The molecule has 0 spiro atoms. The Bertz CT molecular complexity index is 1160. The average Bonchev–Trinajstić information content (AvgIpc) is 2.86. The van der Waals surface area contributed by atoms with Gasteiger partial charge in [0.25, 0.3) is 0 Å². The smallest absolute Gasteiger partial charge is 0.147 e. The van der Waals surface area contributed by atoms with Crippen LogP contribution in [0.1, 0.15) is 5.56 Å². The Labute approximate surface area is 197 Å². The molecule has 1 aliphatic rings. The van der Waals surface area contributed by atoms with E-state index in [0.29, 0.717) is 0 Å². The third-order valence-corrected chi connectivity index (χ3v) is 6.40. The zero-order chi connectivity index (χ0) is 21.8. The van der Waals surface area contributed by atoms with Gasteiger partial charge in [0.1, 0.15) is 5.82 Å². The molecule has 0 atom stereocenters. The van der Waals surface area contributed by atoms with Crippen molar-refractivity contribution in [3.05, 3.63) is 101 Å². The number of hydrogen-bond acceptors (Lipinski definition) is 4. The molecule has 0 aliphatic carbocycles. The zero-order valence-electron chi connectivity index (χ0n) is 17.9. The van der Waals surface area contributed by atoms with E-state index in [1.807, 2.05) is 24.4 Å². The van der Waals surface area contributed by atoms with Crippen molar-refractivity contribution < 1.29 is 0 Å². The van der Waals surface area contributed by atoms with Crippen LogP contribution >= 0.6 is 15.9 Å². The van der Waals surface area contributed by atoms with Crippen molar-refractivity contribution in [2.75, 3.05) is 31.1 Å². The lowest BCUT2D eigenvalue weighted by atomic mass is 10.0. The minimum absolute atomic E-state index is 0.912. The molecule has 0 amide bonds. The highest BCUT2D eigenvalue weighted by molar-refractivity contribution is 9.10. The molecule has 1 aromatic heterocycles. The van der Waals surface area contributed by atoms with Crippen molar-refractivity contribution in [2.24, 2.45) is 0 Å². The molecular weight excluding hydrogens is 460 g/mol. The van der Waals surface area contributed by atoms with Crippen LogP contribution in [0, 0.1) is 0 Å². The van der Waals surface area contributed by atoms with Gasteiger partial charge in [-0.15, -0.1) is 0 Å². The number of anilines is 1. The van der Waals surface area contributed by atoms with Crippen LogP contribution in [-0.2, 0) is 6.54 Å². The summed E-state index contributed by atoms with van der Waals surface area (Å²) in [6.45, 7) is 4.94. The maximum Gasteiger partial charge on any atom is 0.147 e. The van der Waals surface area contributed by atoms with Crippen LogP contribution in [0.25, 0.3) is 22.5 Å². The summed E-state index contributed by atoms with van der Waals surface area (Å²) in [5, 5.41) is 0. The standard InChI is InChI=1S/C27H25BrN4/c28-24-13-11-23(12-14-24)26-27(22-9-5-2-6-10-22)30-25(19-29-26)32-17-15-31(16-18-32)20-21-7-3-1-4-8-21/h1-14,19H,15-18,20H2. The minimum atomic E-state index is 0.912. The molecule has 0 bridgehead atoms. The molecule has 4 aromatic rings. The first kappa shape index (κ1) is 20.9. The van der Waals surface area contributed by atoms with E-state index in [-0.39, 0.29) is 0 Å². The van der Waals surface area contributed by atoms with Gasteiger partial charge in [-0.05, 0) is 17.7 Å². The molecule has 0 radical (unpaired) electrons. The van der Waals surface area contributed by atoms with Crippen molar-refractivity contribution in [2.45, 2.75) is 6.54 Å². The average molecular weight is 485 g/mol. The second-order valence-electron chi connectivity index (χ2n) is 8.05. The van der Waals surface area contributed by atoms with Gasteiger partial charge >= 0.3 is 0 Å². The van der Waals surface area contributed by atoms with E-state index in [0.717, 1.165) is 65.5 Å². The molecule has 0 unspecified atom stereocenters. The predicted molar refractivity (Wildman–Crippen MR) is 135 cm³/mol. The van der Waals surface area contributed by atoms with Gasteiger partial charge in [0.2, 0.25) is 0 Å². The molecule has 0 saturated carbocycles. The van der Waals surface area contributed by atoms with Crippen LogP contribution < -0.4 is 4.90 Å². The Morgan fingerprint density at radius 3 is 2.00 bits per heavy atom. The van der Waals surface area contributed by atoms with Crippen LogP contribution in [0.15, 0.2) is 95.6 Å². The Morgan fingerprint density at radius 1 is 0.688 bits per heavy atom. The molecule has 5 rings (SSSR count). The number of piperazine rings is 1. The SMILES string of the molecule is Brc1ccc(-c2ncc(N3CCN(Cc4ccccc4)CC3)nc2-c2ccccc2)cc1. The third kappa shape index (κ3) is 4.74. The van der Waals surface area contributed by atoms with Gasteiger partial charge in [-0.2, -0.15) is 0 Å². The summed E-state index contributed by atoms with van der Waals surface area (Å²) in [4.78, 5) is 14.9. The van der Waals surface area contributed by atoms with E-state index in [9.17, 15) is 0 Å². The largest absolute Gasteiger partial charge is 0.353 e. The van der Waals surface area contributed by atoms with Crippen molar-refractivity contribution in [1.82, 2.24) is 14.9 Å². The minimum Gasteiger partial charge on any atom is -0.353 e. The summed E-state index contributed by atoms with van der Waals surface area (Å²) < 4.78 is 1.06. The number of nitrogens with zero attached hydrogens (tertiary/aromatic N) is 4. The van der Waals surface area contributed by atoms with Gasteiger partial charge in [0.15, 0.2) is 0 Å². The maximum atomic E-state index is 5.11. The number of aromatic nitrogens is 2. The van der Waals surface area contributed by atoms with Crippen LogP contribution in [0.5, 0.6) is 0 Å². The monoisotopic (exact) mass is 484 g/mol. The highest BCUT2D eigenvalue weighted by atomic mass is 79.9. The molecular formula is C27H25BrN4. The number of hydrogen-bond donors (Lipinski definition) is 0. The van der Waals surface area contributed by atoms with Gasteiger partial charge in [-0.3, -0.25) is 9.88 Å². The van der Waals surface area contributed by atoms with E-state index in [1.54, 1.807) is 0 Å². The number of halogens is 1. The Kier molecular flexibility index (Phi) is 6.28. The molecule has 5 heteroatoms. The fraction of sp³-hybridized carbons (Fsp3) is 0.185. The summed E-state index contributed by atoms with van der Waals surface area (Å²) in [5.74, 6) is 0.948. The fourth-order valence-corrected chi connectivity index (χ4v) is 4.39. The predicted octanol–water partition coefficient (Wildman–Crippen LogP) is 5.90. The quantitative estimate of drug-likeness (QED) is 0.353. The molecule has 3 aromatic carbocycles. The van der Waals surface area contributed by atoms with E-state index >= 15 is 0 Å². The first-order chi connectivity index (χ1) is 15.8. The summed E-state index contributed by atoms with van der Waals surface area (Å²) in [5.41, 5.74) is 5.36. The van der Waals surface area contributed by atoms with Crippen molar-refractivity contribution in [3.8, 4) is 22.5 Å². The van der Waals surface area contributed by atoms with E-state index in [2.05, 4.69) is 92.5 Å². The van der Waals surface area contributed by atoms with Gasteiger partial charge < -0.3 is 4.90 Å². The highest BCUT2D eigenvalue weighted by Gasteiger charge is 2.20. The normalized spacial score (nSPS) is 14.5. The van der Waals surface area contributed by atoms with Crippen molar-refractivity contribution in [3.63, 3.8) is 0 Å². The molecule has 160 valence electrons. The van der Waals surface area contributed by atoms with Gasteiger partial charge in [-0.1, -0.05) is 88.7 Å². The summed E-state index contributed by atoms with van der Waals surface area (Å²) >= 11 is 3.52. The second kappa shape index (κ2) is 9.63. The van der Waals surface area contributed by atoms with Gasteiger partial charge in [0.05, 0.1) is 17.6 Å². The van der Waals surface area contributed by atoms with Crippen LogP contribution in [0.2, 0.25) is 0 Å².